The molecule has 0 aliphatic heterocycles. The summed E-state index contributed by atoms with van der Waals surface area (Å²) in [6, 6.07) is 0. The lowest BCUT2D eigenvalue weighted by Crippen LogP contribution is -1.77. The highest BCUT2D eigenvalue weighted by molar-refractivity contribution is 6.19. The molecule has 0 aliphatic rings. The lowest BCUT2D eigenvalue weighted by atomic mass is 10.3. The summed E-state index contributed by atoms with van der Waals surface area (Å²) < 4.78 is 0. The monoisotopic (exact) mass is 154 g/mol. The standard InChI is InChI=1S/C7H7ClN2/c8-3-1-2-7-4-9-6-10-5-7/h1-2,4-6H,3H2. The third-order valence-electron chi connectivity index (χ3n) is 0.980. The maximum Gasteiger partial charge on any atom is 0.115 e. The average Bonchev–Trinajstić information content (AvgIpc) is 2.03. The van der Waals surface area contributed by atoms with Crippen molar-refractivity contribution in [2.45, 2.75) is 0 Å². The number of hydrogen-bond donors (Lipinski definition) is 0. The zero-order valence-electron chi connectivity index (χ0n) is 5.37. The number of nitrogens with zero attached hydrogens (tertiary/aromatic N) is 2. The molecule has 0 unspecified atom stereocenters. The third-order valence-corrected chi connectivity index (χ3v) is 1.16. The van der Waals surface area contributed by atoms with E-state index >= 15 is 0 Å². The van der Waals surface area contributed by atoms with Crippen molar-refractivity contribution in [1.82, 2.24) is 9.97 Å². The molecule has 1 aromatic rings. The average molecular weight is 155 g/mol. The number of halogens is 1. The van der Waals surface area contributed by atoms with Crippen LogP contribution in [0.4, 0.5) is 0 Å². The molecule has 0 saturated heterocycles. The molecule has 0 N–H and O–H groups in total. The fraction of sp³-hybridized carbons (Fsp3) is 0.143. The largest absolute Gasteiger partial charge is 0.244 e. The fourth-order valence-electron chi connectivity index (χ4n) is 0.577. The summed E-state index contributed by atoms with van der Waals surface area (Å²) in [5, 5.41) is 0. The van der Waals surface area contributed by atoms with Crippen molar-refractivity contribution in [3.8, 4) is 0 Å². The van der Waals surface area contributed by atoms with E-state index in [-0.39, 0.29) is 0 Å². The summed E-state index contributed by atoms with van der Waals surface area (Å²) >= 11 is 5.42. The van der Waals surface area contributed by atoms with Crippen LogP contribution in [-0.2, 0) is 0 Å². The second kappa shape index (κ2) is 4.01. The molecule has 0 spiro atoms. The summed E-state index contributed by atoms with van der Waals surface area (Å²) in [7, 11) is 0. The van der Waals surface area contributed by atoms with Gasteiger partial charge in [0.1, 0.15) is 6.33 Å². The number of hydrogen-bond acceptors (Lipinski definition) is 2. The van der Waals surface area contributed by atoms with Gasteiger partial charge in [-0.2, -0.15) is 0 Å². The molecule has 0 atom stereocenters. The van der Waals surface area contributed by atoms with Crippen LogP contribution in [0.5, 0.6) is 0 Å². The van der Waals surface area contributed by atoms with Crippen LogP contribution in [0.1, 0.15) is 5.56 Å². The highest BCUT2D eigenvalue weighted by Crippen LogP contribution is 1.95. The fourth-order valence-corrected chi connectivity index (χ4v) is 0.666. The van der Waals surface area contributed by atoms with Gasteiger partial charge in [-0.15, -0.1) is 11.6 Å². The first kappa shape index (κ1) is 7.22. The summed E-state index contributed by atoms with van der Waals surface area (Å²) in [5.41, 5.74) is 0.975. The molecule has 0 aromatic carbocycles. The minimum Gasteiger partial charge on any atom is -0.244 e. The van der Waals surface area contributed by atoms with E-state index in [0.717, 1.165) is 5.56 Å². The summed E-state index contributed by atoms with van der Waals surface area (Å²) in [6.07, 6.45) is 8.69. The molecule has 1 heterocycles. The van der Waals surface area contributed by atoms with Crippen molar-refractivity contribution in [1.29, 1.82) is 0 Å². The number of allylic oxidation sites excluding steroid dienone is 1. The Bertz CT molecular complexity index is 208. The molecule has 0 bridgehead atoms. The molecule has 1 rings (SSSR count). The van der Waals surface area contributed by atoms with Crippen molar-refractivity contribution < 1.29 is 0 Å². The van der Waals surface area contributed by atoms with Gasteiger partial charge < -0.3 is 0 Å². The molecule has 0 fully saturated rings. The molecular formula is C7H7ClN2. The van der Waals surface area contributed by atoms with Gasteiger partial charge in [0.15, 0.2) is 0 Å². The van der Waals surface area contributed by atoms with Crippen molar-refractivity contribution in [3.63, 3.8) is 0 Å². The van der Waals surface area contributed by atoms with Crippen molar-refractivity contribution in [3.05, 3.63) is 30.4 Å². The van der Waals surface area contributed by atoms with Crippen LogP contribution in [0, 0.1) is 0 Å². The molecule has 2 nitrogen and oxygen atoms in total. The quantitative estimate of drug-likeness (QED) is 0.607. The molecular weight excluding hydrogens is 148 g/mol. The van der Waals surface area contributed by atoms with Gasteiger partial charge in [0, 0.05) is 23.8 Å². The van der Waals surface area contributed by atoms with Gasteiger partial charge in [-0.05, 0) is 0 Å². The minimum atomic E-state index is 0.523. The summed E-state index contributed by atoms with van der Waals surface area (Å²) in [4.78, 5) is 7.66. The van der Waals surface area contributed by atoms with E-state index in [9.17, 15) is 0 Å². The molecule has 0 radical (unpaired) electrons. The predicted octanol–water partition coefficient (Wildman–Crippen LogP) is 1.73. The molecule has 1 aromatic heterocycles. The van der Waals surface area contributed by atoms with E-state index in [1.165, 1.54) is 6.33 Å². The Balaban J connectivity index is 2.67. The molecule has 52 valence electrons. The highest BCUT2D eigenvalue weighted by atomic mass is 35.5. The van der Waals surface area contributed by atoms with Crippen molar-refractivity contribution >= 4 is 17.7 Å². The Morgan fingerprint density at radius 2 is 2.10 bits per heavy atom. The maximum absolute atomic E-state index is 5.42. The number of rotatable bonds is 2. The van der Waals surface area contributed by atoms with Crippen LogP contribution in [0.25, 0.3) is 6.08 Å². The maximum atomic E-state index is 5.42. The second-order valence-electron chi connectivity index (χ2n) is 1.73. The minimum absolute atomic E-state index is 0.523. The number of alkyl halides is 1. The van der Waals surface area contributed by atoms with Gasteiger partial charge in [0.05, 0.1) is 0 Å². The van der Waals surface area contributed by atoms with Gasteiger partial charge in [-0.25, -0.2) is 9.97 Å². The van der Waals surface area contributed by atoms with E-state index in [0.29, 0.717) is 5.88 Å². The Morgan fingerprint density at radius 3 is 2.70 bits per heavy atom. The van der Waals surface area contributed by atoms with E-state index in [1.54, 1.807) is 12.4 Å². The first-order valence-electron chi connectivity index (χ1n) is 2.91. The predicted molar refractivity (Wildman–Crippen MR) is 41.8 cm³/mol. The molecule has 3 heteroatoms. The van der Waals surface area contributed by atoms with Gasteiger partial charge >= 0.3 is 0 Å². The molecule has 0 aliphatic carbocycles. The Kier molecular flexibility index (Phi) is 2.90. The lowest BCUT2D eigenvalue weighted by Gasteiger charge is -1.86. The van der Waals surface area contributed by atoms with Gasteiger partial charge in [-0.1, -0.05) is 12.2 Å². The highest BCUT2D eigenvalue weighted by Gasteiger charge is 1.81. The zero-order chi connectivity index (χ0) is 7.23. The molecule has 0 amide bonds. The van der Waals surface area contributed by atoms with Gasteiger partial charge in [-0.3, -0.25) is 0 Å². The first-order chi connectivity index (χ1) is 4.93. The Morgan fingerprint density at radius 1 is 1.40 bits per heavy atom. The van der Waals surface area contributed by atoms with Crippen LogP contribution < -0.4 is 0 Å². The van der Waals surface area contributed by atoms with E-state index in [1.807, 2.05) is 12.2 Å². The number of aromatic nitrogens is 2. The first-order valence-corrected chi connectivity index (χ1v) is 3.44. The van der Waals surface area contributed by atoms with Gasteiger partial charge in [0.25, 0.3) is 0 Å². The summed E-state index contributed by atoms with van der Waals surface area (Å²) in [5.74, 6) is 0.523. The lowest BCUT2D eigenvalue weighted by molar-refractivity contribution is 1.16. The Labute approximate surface area is 64.6 Å². The van der Waals surface area contributed by atoms with Crippen molar-refractivity contribution in [2.75, 3.05) is 5.88 Å². The van der Waals surface area contributed by atoms with Crippen LogP contribution in [0.2, 0.25) is 0 Å². The van der Waals surface area contributed by atoms with E-state index in [4.69, 9.17) is 11.6 Å². The van der Waals surface area contributed by atoms with E-state index in [2.05, 4.69) is 9.97 Å². The van der Waals surface area contributed by atoms with Gasteiger partial charge in [0.2, 0.25) is 0 Å². The third kappa shape index (κ3) is 2.15. The molecule has 0 saturated carbocycles. The topological polar surface area (TPSA) is 25.8 Å². The van der Waals surface area contributed by atoms with Crippen molar-refractivity contribution in [2.24, 2.45) is 0 Å². The Hall–Kier alpha value is -0.890. The summed E-state index contributed by atoms with van der Waals surface area (Å²) in [6.45, 7) is 0. The zero-order valence-corrected chi connectivity index (χ0v) is 6.12. The SMILES string of the molecule is ClCC=Cc1cncnc1. The van der Waals surface area contributed by atoms with Crippen LogP contribution in [-0.4, -0.2) is 15.8 Å². The second-order valence-corrected chi connectivity index (χ2v) is 2.04. The van der Waals surface area contributed by atoms with E-state index < -0.39 is 0 Å². The normalized spacial score (nSPS) is 10.5. The van der Waals surface area contributed by atoms with Crippen LogP contribution in [0.3, 0.4) is 0 Å². The van der Waals surface area contributed by atoms with Crippen LogP contribution in [0.15, 0.2) is 24.8 Å². The smallest absolute Gasteiger partial charge is 0.115 e. The molecule has 10 heavy (non-hydrogen) atoms. The van der Waals surface area contributed by atoms with Crippen LogP contribution >= 0.6 is 11.6 Å².